The maximum absolute atomic E-state index is 14.0. The van der Waals surface area contributed by atoms with E-state index in [-0.39, 0.29) is 41.0 Å². The lowest BCUT2D eigenvalue weighted by molar-refractivity contribution is -0.285. The predicted molar refractivity (Wildman–Crippen MR) is 113 cm³/mol. The maximum Gasteiger partial charge on any atom is 0.287 e. The Kier molecular flexibility index (Phi) is 6.22. The predicted octanol–water partition coefficient (Wildman–Crippen LogP) is 4.69. The van der Waals surface area contributed by atoms with E-state index in [1.807, 2.05) is 0 Å². The quantitative estimate of drug-likeness (QED) is 0.131. The number of aromatic nitrogens is 4. The van der Waals surface area contributed by atoms with E-state index in [0.717, 1.165) is 0 Å². The van der Waals surface area contributed by atoms with Gasteiger partial charge in [0.2, 0.25) is 4.20 Å². The normalized spacial score (nSPS) is 15.8. The first-order valence-electron chi connectivity index (χ1n) is 7.19. The monoisotopic (exact) mass is 527 g/mol. The fourth-order valence-electron chi connectivity index (χ4n) is 2.17. The lowest BCUT2D eigenvalue weighted by atomic mass is 10.3. The number of aromatic amines is 1. The number of anilines is 2. The summed E-state index contributed by atoms with van der Waals surface area (Å²) in [4.78, 5) is 26.4. The molecule has 28 heavy (non-hydrogen) atoms. The zero-order chi connectivity index (χ0) is 20.5. The number of rotatable bonds is 7. The fraction of sp³-hybridized carbons (Fsp3) is 0.154. The van der Waals surface area contributed by atoms with Crippen molar-refractivity contribution in [3.63, 3.8) is 0 Å². The van der Waals surface area contributed by atoms with E-state index in [2.05, 4.69) is 41.2 Å². The SMILES string of the molecule is NC(S[N+](=O)[O-])(SC(F)(Cl)Br)c1nc(Nc2cccc(Cl)c2)c2[nH]cnc2n1. The van der Waals surface area contributed by atoms with Crippen molar-refractivity contribution in [1.29, 1.82) is 0 Å². The fourth-order valence-corrected chi connectivity index (χ4v) is 5.55. The van der Waals surface area contributed by atoms with Crippen LogP contribution >= 0.6 is 62.8 Å². The molecule has 0 saturated heterocycles. The number of alkyl halides is 3. The molecule has 4 N–H and O–H groups in total. The summed E-state index contributed by atoms with van der Waals surface area (Å²) in [5.74, 6) is -0.0433. The second-order valence-electron chi connectivity index (χ2n) is 5.16. The summed E-state index contributed by atoms with van der Waals surface area (Å²) in [7, 11) is 0. The largest absolute Gasteiger partial charge is 0.340 e. The molecule has 0 aliphatic rings. The Morgan fingerprint density at radius 1 is 1.43 bits per heavy atom. The molecule has 0 fully saturated rings. The van der Waals surface area contributed by atoms with E-state index < -0.39 is 11.9 Å². The average Bonchev–Trinajstić information content (AvgIpc) is 3.01. The number of nitrogens with two attached hydrogens (primary N) is 1. The molecule has 2 heterocycles. The van der Waals surface area contributed by atoms with Gasteiger partial charge in [0.15, 0.2) is 17.3 Å². The van der Waals surface area contributed by atoms with Crippen molar-refractivity contribution in [1.82, 2.24) is 19.9 Å². The van der Waals surface area contributed by atoms with Gasteiger partial charge >= 0.3 is 0 Å². The number of nitro groups is 1. The Hall–Kier alpha value is -1.38. The van der Waals surface area contributed by atoms with Crippen LogP contribution in [0, 0.1) is 10.1 Å². The van der Waals surface area contributed by atoms with Gasteiger partial charge in [-0.1, -0.05) is 29.3 Å². The number of nitrogens with one attached hydrogen (secondary N) is 2. The third-order valence-corrected chi connectivity index (χ3v) is 5.91. The Bertz CT molecular complexity index is 1040. The highest BCUT2D eigenvalue weighted by Crippen LogP contribution is 2.52. The van der Waals surface area contributed by atoms with Crippen molar-refractivity contribution in [3.05, 3.63) is 51.6 Å². The topological polar surface area (TPSA) is 136 Å². The molecular weight excluding hydrogens is 520 g/mol. The van der Waals surface area contributed by atoms with Gasteiger partial charge < -0.3 is 10.3 Å². The van der Waals surface area contributed by atoms with Crippen LogP contribution in [0.3, 0.4) is 0 Å². The Morgan fingerprint density at radius 2 is 2.18 bits per heavy atom. The Morgan fingerprint density at radius 3 is 2.82 bits per heavy atom. The lowest BCUT2D eigenvalue weighted by Crippen LogP contribution is -2.35. The molecule has 0 saturated carbocycles. The summed E-state index contributed by atoms with van der Waals surface area (Å²) >= 11 is 14.3. The van der Waals surface area contributed by atoms with Gasteiger partial charge in [-0.25, -0.2) is 19.3 Å². The van der Waals surface area contributed by atoms with Gasteiger partial charge in [-0.2, -0.15) is 0 Å². The molecule has 9 nitrogen and oxygen atoms in total. The Labute approximate surface area is 183 Å². The molecule has 3 rings (SSSR count). The Balaban J connectivity index is 2.11. The van der Waals surface area contributed by atoms with Crippen molar-refractivity contribution in [2.24, 2.45) is 5.73 Å². The maximum atomic E-state index is 14.0. The zero-order valence-electron chi connectivity index (χ0n) is 13.4. The minimum absolute atomic E-state index is 0.00709. The van der Waals surface area contributed by atoms with Crippen LogP contribution in [-0.4, -0.2) is 27.6 Å². The number of thioether (sulfide) groups is 1. The number of hydrogen-bond acceptors (Lipinski definition) is 9. The average molecular weight is 529 g/mol. The van der Waals surface area contributed by atoms with E-state index in [9.17, 15) is 14.5 Å². The first kappa shape index (κ1) is 21.3. The van der Waals surface area contributed by atoms with E-state index in [1.165, 1.54) is 6.33 Å². The molecule has 0 spiro atoms. The molecule has 2 atom stereocenters. The van der Waals surface area contributed by atoms with Crippen LogP contribution in [0.25, 0.3) is 11.2 Å². The van der Waals surface area contributed by atoms with Crippen LogP contribution in [0.15, 0.2) is 30.6 Å². The van der Waals surface area contributed by atoms with Crippen LogP contribution in [0.1, 0.15) is 5.82 Å². The molecule has 1 aromatic carbocycles. The number of hydrogen-bond donors (Lipinski definition) is 3. The molecule has 3 aromatic rings. The van der Waals surface area contributed by atoms with Gasteiger partial charge in [-0.15, -0.1) is 0 Å². The summed E-state index contributed by atoms with van der Waals surface area (Å²) in [5, 5.41) is 14.6. The van der Waals surface area contributed by atoms with Crippen LogP contribution in [-0.2, 0) is 4.20 Å². The third kappa shape index (κ3) is 5.15. The number of H-pyrrole nitrogens is 1. The molecular formula is C13H9BrCl2FN7O2S2. The number of nitrogens with zero attached hydrogens (tertiary/aromatic N) is 4. The van der Waals surface area contributed by atoms with Gasteiger partial charge in [-0.3, -0.25) is 15.8 Å². The summed E-state index contributed by atoms with van der Waals surface area (Å²) in [6, 6.07) is 6.79. The number of halogens is 4. The summed E-state index contributed by atoms with van der Waals surface area (Å²) in [6.07, 6.45) is 1.36. The highest BCUT2D eigenvalue weighted by molar-refractivity contribution is 9.12. The summed E-state index contributed by atoms with van der Waals surface area (Å²) in [6.45, 7) is 0. The minimum Gasteiger partial charge on any atom is -0.340 e. The molecule has 0 radical (unpaired) electrons. The van der Waals surface area contributed by atoms with E-state index >= 15 is 0 Å². The number of fused-ring (bicyclic) bond motifs is 1. The molecule has 148 valence electrons. The molecule has 0 aliphatic heterocycles. The highest BCUT2D eigenvalue weighted by atomic mass is 79.9. The van der Waals surface area contributed by atoms with Crippen LogP contribution in [0.4, 0.5) is 15.9 Å². The van der Waals surface area contributed by atoms with Gasteiger partial charge in [0.25, 0.3) is 15.3 Å². The summed E-state index contributed by atoms with van der Waals surface area (Å²) < 4.78 is 8.54. The third-order valence-electron chi connectivity index (χ3n) is 3.16. The second-order valence-corrected chi connectivity index (χ2v) is 11.2. The van der Waals surface area contributed by atoms with E-state index in [0.29, 0.717) is 16.2 Å². The van der Waals surface area contributed by atoms with Crippen molar-refractivity contribution in [2.75, 3.05) is 5.32 Å². The van der Waals surface area contributed by atoms with E-state index in [4.69, 9.17) is 28.9 Å². The molecule has 2 unspecified atom stereocenters. The van der Waals surface area contributed by atoms with Crippen molar-refractivity contribution < 1.29 is 8.72 Å². The van der Waals surface area contributed by atoms with Crippen LogP contribution in [0.2, 0.25) is 5.02 Å². The van der Waals surface area contributed by atoms with Crippen molar-refractivity contribution in [3.8, 4) is 0 Å². The molecule has 15 heteroatoms. The van der Waals surface area contributed by atoms with Crippen molar-refractivity contribution >= 4 is 85.5 Å². The lowest BCUT2D eigenvalue weighted by Gasteiger charge is -2.24. The smallest absolute Gasteiger partial charge is 0.287 e. The zero-order valence-corrected chi connectivity index (χ0v) is 18.1. The number of benzene rings is 1. The van der Waals surface area contributed by atoms with Gasteiger partial charge in [0, 0.05) is 10.7 Å². The molecule has 2 aromatic heterocycles. The standard InChI is InChI=1S/C13H9BrCl2FN7O2S2/c14-13(16,17)27-12(18,28-24(25)26)11-22-9-8(19-5-20-9)10(23-11)21-7-3-1-2-6(15)4-7/h1-5H,18H2,(H2,19,20,21,22,23). The van der Waals surface area contributed by atoms with Crippen LogP contribution < -0.4 is 11.1 Å². The van der Waals surface area contributed by atoms with Gasteiger partial charge in [0.1, 0.15) is 9.85 Å². The second kappa shape index (κ2) is 8.16. The first-order chi connectivity index (χ1) is 13.1. The van der Waals surface area contributed by atoms with E-state index in [1.54, 1.807) is 24.3 Å². The molecule has 0 aliphatic carbocycles. The van der Waals surface area contributed by atoms with Gasteiger partial charge in [-0.05, 0) is 45.9 Å². The summed E-state index contributed by atoms with van der Waals surface area (Å²) in [5.41, 5.74) is 7.24. The highest BCUT2D eigenvalue weighted by Gasteiger charge is 2.48. The van der Waals surface area contributed by atoms with Gasteiger partial charge in [0.05, 0.1) is 6.33 Å². The minimum atomic E-state index is -2.59. The number of imidazole rings is 1. The van der Waals surface area contributed by atoms with Crippen LogP contribution in [0.5, 0.6) is 0 Å². The first-order valence-corrected chi connectivity index (χ1v) is 10.3. The molecule has 0 amide bonds. The van der Waals surface area contributed by atoms with Crippen molar-refractivity contribution in [2.45, 2.75) is 7.57 Å². The molecule has 0 bridgehead atoms.